The van der Waals surface area contributed by atoms with Crippen LogP contribution in [0.15, 0.2) is 0 Å². The Labute approximate surface area is 246 Å². The topological polar surface area (TPSA) is 179 Å². The van der Waals surface area contributed by atoms with Crippen LogP contribution in [-0.2, 0) is 43.2 Å². The minimum atomic E-state index is -1.52. The molecule has 42 heavy (non-hydrogen) atoms. The molecule has 5 rings (SSSR count). The summed E-state index contributed by atoms with van der Waals surface area (Å²) in [6.45, 7) is 10.9. The van der Waals surface area contributed by atoms with Crippen LogP contribution in [0, 0.1) is 29.6 Å². The lowest BCUT2D eigenvalue weighted by Crippen LogP contribution is -2.70. The molecule has 0 radical (unpaired) electrons. The summed E-state index contributed by atoms with van der Waals surface area (Å²) in [6, 6.07) is -2.56. The predicted octanol–water partition coefficient (Wildman–Crippen LogP) is 2.00. The van der Waals surface area contributed by atoms with Crippen molar-refractivity contribution in [3.63, 3.8) is 0 Å². The molecule has 8 unspecified atom stereocenters. The van der Waals surface area contributed by atoms with E-state index >= 15 is 0 Å². The number of hydrogen-bond acceptors (Lipinski definition) is 10. The Balaban J connectivity index is 1.35. The lowest BCUT2D eigenvalue weighted by Gasteiger charge is -2.59. The van der Waals surface area contributed by atoms with Crippen molar-refractivity contribution >= 4 is 23.8 Å². The molecule has 0 aromatic carbocycles. The summed E-state index contributed by atoms with van der Waals surface area (Å²) in [4.78, 5) is 61.6. The van der Waals surface area contributed by atoms with Gasteiger partial charge in [0.05, 0.1) is 12.5 Å². The molecule has 1 spiro atoms. The molecule has 0 aromatic heterocycles. The molecule has 13 nitrogen and oxygen atoms in total. The average molecular weight is 599 g/mol. The molecule has 0 aromatic rings. The maximum absolute atomic E-state index is 12.9. The highest BCUT2D eigenvalue weighted by atomic mass is 17.3. The number of hydrogen-bond donors (Lipinski definition) is 4. The number of ether oxygens (including phenoxy) is 3. The van der Waals surface area contributed by atoms with Gasteiger partial charge in [0.15, 0.2) is 17.9 Å². The molecule has 5 aliphatic rings. The number of carbonyl (C=O) groups is 4. The van der Waals surface area contributed by atoms with E-state index in [2.05, 4.69) is 17.6 Å². The van der Waals surface area contributed by atoms with Crippen LogP contribution in [0.4, 0.5) is 0 Å². The second-order valence-electron chi connectivity index (χ2n) is 13.1. The number of aliphatic carboxylic acids is 1. The van der Waals surface area contributed by atoms with Gasteiger partial charge in [-0.15, -0.1) is 0 Å². The SMILES string of the molecule is CC(C)CC(NC(=O)CCC(=O)OC1O[C@H]2OC3(C)CC[C@H]4[C@H](C)CCC(C1C)C24OO3)C(=O)NC(C(=O)O)C(C)O. The molecule has 13 heteroatoms. The molecule has 11 atom stereocenters. The van der Waals surface area contributed by atoms with Gasteiger partial charge in [0, 0.05) is 24.7 Å². The van der Waals surface area contributed by atoms with E-state index in [0.717, 1.165) is 19.3 Å². The van der Waals surface area contributed by atoms with Gasteiger partial charge in [-0.3, -0.25) is 14.4 Å². The number of rotatable bonds is 11. The zero-order valence-corrected chi connectivity index (χ0v) is 25.3. The van der Waals surface area contributed by atoms with Crippen molar-refractivity contribution in [2.45, 2.75) is 129 Å². The van der Waals surface area contributed by atoms with E-state index < -0.39 is 65.9 Å². The van der Waals surface area contributed by atoms with Gasteiger partial charge in [-0.05, 0) is 57.3 Å². The third-order valence-electron chi connectivity index (χ3n) is 9.31. The Morgan fingerprint density at radius 3 is 2.36 bits per heavy atom. The van der Waals surface area contributed by atoms with Gasteiger partial charge in [-0.25, -0.2) is 14.6 Å². The molecule has 4 heterocycles. The van der Waals surface area contributed by atoms with Crippen LogP contribution in [0.2, 0.25) is 0 Å². The molecule has 4 N–H and O–H groups in total. The van der Waals surface area contributed by atoms with Crippen molar-refractivity contribution in [3.8, 4) is 0 Å². The van der Waals surface area contributed by atoms with Gasteiger partial charge >= 0.3 is 11.9 Å². The maximum atomic E-state index is 12.9. The van der Waals surface area contributed by atoms with Crippen LogP contribution in [0.1, 0.15) is 86.5 Å². The van der Waals surface area contributed by atoms with Crippen LogP contribution < -0.4 is 10.6 Å². The quantitative estimate of drug-likeness (QED) is 0.202. The van der Waals surface area contributed by atoms with Gasteiger partial charge in [-0.1, -0.05) is 27.7 Å². The number of esters is 1. The van der Waals surface area contributed by atoms with Crippen molar-refractivity contribution in [2.24, 2.45) is 29.6 Å². The average Bonchev–Trinajstić information content (AvgIpc) is 3.13. The number of aliphatic hydroxyl groups is 1. The summed E-state index contributed by atoms with van der Waals surface area (Å²) in [6.07, 6.45) is 0.133. The van der Waals surface area contributed by atoms with Crippen LogP contribution >= 0.6 is 0 Å². The van der Waals surface area contributed by atoms with Crippen molar-refractivity contribution in [1.29, 1.82) is 0 Å². The van der Waals surface area contributed by atoms with Crippen LogP contribution in [0.5, 0.6) is 0 Å². The summed E-state index contributed by atoms with van der Waals surface area (Å²) in [5, 5.41) is 23.8. The maximum Gasteiger partial charge on any atom is 0.328 e. The van der Waals surface area contributed by atoms with E-state index in [0.29, 0.717) is 12.3 Å². The molecule has 1 aliphatic carbocycles. The fourth-order valence-electron chi connectivity index (χ4n) is 7.02. The predicted molar refractivity (Wildman–Crippen MR) is 145 cm³/mol. The molecular weight excluding hydrogens is 552 g/mol. The van der Waals surface area contributed by atoms with Crippen molar-refractivity contribution in [2.75, 3.05) is 0 Å². The summed E-state index contributed by atoms with van der Waals surface area (Å²) in [5.74, 6) is -3.95. The Morgan fingerprint density at radius 2 is 1.71 bits per heavy atom. The third kappa shape index (κ3) is 6.59. The number of carboxylic acid groups (broad SMARTS) is 1. The van der Waals surface area contributed by atoms with E-state index in [1.54, 1.807) is 0 Å². The van der Waals surface area contributed by atoms with Gasteiger partial charge in [0.1, 0.15) is 6.04 Å². The Bertz CT molecular complexity index is 1040. The van der Waals surface area contributed by atoms with Gasteiger partial charge < -0.3 is 35.1 Å². The normalized spacial score (nSPS) is 37.5. The second-order valence-corrected chi connectivity index (χ2v) is 13.1. The van der Waals surface area contributed by atoms with Gasteiger partial charge in [-0.2, -0.15) is 0 Å². The van der Waals surface area contributed by atoms with E-state index in [1.165, 1.54) is 6.92 Å². The van der Waals surface area contributed by atoms with Crippen LogP contribution in [0.25, 0.3) is 0 Å². The summed E-state index contributed by atoms with van der Waals surface area (Å²) < 4.78 is 18.3. The monoisotopic (exact) mass is 598 g/mol. The smallest absolute Gasteiger partial charge is 0.328 e. The summed E-state index contributed by atoms with van der Waals surface area (Å²) in [7, 11) is 0. The minimum Gasteiger partial charge on any atom is -0.480 e. The largest absolute Gasteiger partial charge is 0.480 e. The van der Waals surface area contributed by atoms with E-state index in [-0.39, 0.29) is 42.9 Å². The molecule has 2 bridgehead atoms. The highest BCUT2D eigenvalue weighted by Crippen LogP contribution is 2.60. The van der Waals surface area contributed by atoms with Crippen molar-refractivity contribution in [3.05, 3.63) is 0 Å². The zero-order chi connectivity index (χ0) is 31.0. The number of carboxylic acids is 1. The number of carbonyl (C=O) groups excluding carboxylic acids is 3. The Hall–Kier alpha value is -2.32. The molecular formula is C29H46N2O11. The molecule has 4 saturated heterocycles. The highest BCUT2D eigenvalue weighted by Gasteiger charge is 2.69. The lowest BCUT2D eigenvalue weighted by molar-refractivity contribution is -0.576. The number of aliphatic hydroxyl groups excluding tert-OH is 1. The van der Waals surface area contributed by atoms with Crippen LogP contribution in [-0.4, -0.2) is 76.1 Å². The first kappa shape index (κ1) is 32.6. The molecule has 238 valence electrons. The van der Waals surface area contributed by atoms with Gasteiger partial charge in [0.25, 0.3) is 0 Å². The standard InChI is InChI=1S/C29H46N2O11/c1-14(2)13-20(24(35)31-23(17(5)32)25(36)37)30-21(33)9-10-22(34)38-26-16(4)19-8-7-15(3)18-11-12-28(6)40-27(39-26)29(18,19)42-41-28/h14-20,23,26-27,32H,7-13H2,1-6H3,(H,30,33)(H,31,35)(H,36,37)/t15-,16?,17?,18+,19?,20?,23?,26?,27+,28?,29?/m1/s1. The number of fused-ring (bicyclic) bond motifs is 2. The second kappa shape index (κ2) is 12.7. The van der Waals surface area contributed by atoms with E-state index in [4.69, 9.17) is 24.0 Å². The van der Waals surface area contributed by atoms with E-state index in [9.17, 15) is 29.4 Å². The number of amides is 2. The fraction of sp³-hybridized carbons (Fsp3) is 0.862. The summed E-state index contributed by atoms with van der Waals surface area (Å²) >= 11 is 0. The first-order valence-electron chi connectivity index (χ1n) is 15.1. The van der Waals surface area contributed by atoms with Crippen molar-refractivity contribution < 1.29 is 53.4 Å². The first-order valence-corrected chi connectivity index (χ1v) is 15.1. The number of nitrogens with one attached hydrogen (secondary N) is 2. The molecule has 4 aliphatic heterocycles. The lowest BCUT2D eigenvalue weighted by atomic mass is 9.58. The first-order chi connectivity index (χ1) is 19.7. The van der Waals surface area contributed by atoms with E-state index in [1.807, 2.05) is 27.7 Å². The summed E-state index contributed by atoms with van der Waals surface area (Å²) in [5.41, 5.74) is -0.782. The molecule has 1 saturated carbocycles. The molecule has 2 amide bonds. The third-order valence-corrected chi connectivity index (χ3v) is 9.31. The zero-order valence-electron chi connectivity index (χ0n) is 25.3. The minimum absolute atomic E-state index is 0.00504. The van der Waals surface area contributed by atoms with Crippen molar-refractivity contribution in [1.82, 2.24) is 10.6 Å². The van der Waals surface area contributed by atoms with Gasteiger partial charge in [0.2, 0.25) is 23.9 Å². The molecule has 5 fully saturated rings. The Morgan fingerprint density at radius 1 is 1.00 bits per heavy atom. The highest BCUT2D eigenvalue weighted by molar-refractivity contribution is 5.91. The van der Waals surface area contributed by atoms with Crippen LogP contribution in [0.3, 0.4) is 0 Å². The fourth-order valence-corrected chi connectivity index (χ4v) is 7.02. The Kier molecular flexibility index (Phi) is 9.88.